The van der Waals surface area contributed by atoms with Crippen LogP contribution in [0, 0.1) is 0 Å². The zero-order chi connectivity index (χ0) is 11.7. The van der Waals surface area contributed by atoms with E-state index in [2.05, 4.69) is 4.98 Å². The van der Waals surface area contributed by atoms with E-state index >= 15 is 0 Å². The summed E-state index contributed by atoms with van der Waals surface area (Å²) in [5.74, 6) is -1.22. The molecule has 2 aromatic rings. The van der Waals surface area contributed by atoms with Gasteiger partial charge < -0.3 is 20.9 Å². The third-order valence-electron chi connectivity index (χ3n) is 2.57. The predicted octanol–water partition coefficient (Wildman–Crippen LogP) is 0.613. The van der Waals surface area contributed by atoms with Crippen LogP contribution in [0.1, 0.15) is 11.7 Å². The molecule has 0 aliphatic heterocycles. The number of nitrogens with one attached hydrogen (secondary N) is 1. The Kier molecular flexibility index (Phi) is 2.64. The van der Waals surface area contributed by atoms with Gasteiger partial charge in [0.2, 0.25) is 0 Å². The summed E-state index contributed by atoms with van der Waals surface area (Å²) < 4.78 is 0. The van der Waals surface area contributed by atoms with Crippen molar-refractivity contribution in [1.82, 2.24) is 4.98 Å². The molecule has 1 aromatic carbocycles. The summed E-state index contributed by atoms with van der Waals surface area (Å²) in [6.45, 7) is 0. The first-order valence-electron chi connectivity index (χ1n) is 4.83. The second-order valence-corrected chi connectivity index (χ2v) is 3.60. The van der Waals surface area contributed by atoms with E-state index in [0.29, 0.717) is 5.56 Å². The van der Waals surface area contributed by atoms with Crippen molar-refractivity contribution >= 4 is 16.9 Å². The number of para-hydroxylation sites is 1. The molecule has 5 heteroatoms. The highest BCUT2D eigenvalue weighted by Crippen LogP contribution is 2.25. The fraction of sp³-hybridized carbons (Fsp3) is 0.182. The fourth-order valence-corrected chi connectivity index (χ4v) is 1.67. The number of rotatable bonds is 3. The number of aliphatic carboxylic acids is 1. The number of aromatic amines is 1. The number of hydrogen-bond donors (Lipinski definition) is 4. The number of H-pyrrole nitrogens is 1. The molecule has 2 unspecified atom stereocenters. The van der Waals surface area contributed by atoms with Gasteiger partial charge in [0.1, 0.15) is 12.1 Å². The van der Waals surface area contributed by atoms with Crippen molar-refractivity contribution in [2.24, 2.45) is 5.73 Å². The van der Waals surface area contributed by atoms with Crippen LogP contribution in [-0.4, -0.2) is 27.2 Å². The Bertz CT molecular complexity index is 521. The quantitative estimate of drug-likeness (QED) is 0.609. The molecular weight excluding hydrogens is 208 g/mol. The number of aliphatic hydroxyl groups excluding tert-OH is 1. The molecule has 5 nitrogen and oxygen atoms in total. The van der Waals surface area contributed by atoms with Crippen LogP contribution < -0.4 is 5.73 Å². The van der Waals surface area contributed by atoms with Crippen LogP contribution in [0.15, 0.2) is 30.5 Å². The second kappa shape index (κ2) is 3.96. The minimum absolute atomic E-state index is 0.505. The summed E-state index contributed by atoms with van der Waals surface area (Å²) in [4.78, 5) is 13.6. The number of benzene rings is 1. The summed E-state index contributed by atoms with van der Waals surface area (Å²) in [6, 6.07) is 6.00. The molecule has 0 aliphatic rings. The Balaban J connectivity index is 2.44. The SMILES string of the molecule is NC(C(=O)O)C(O)c1c[nH]c2ccccc12. The molecule has 0 radical (unpaired) electrons. The van der Waals surface area contributed by atoms with Crippen LogP contribution in [0.4, 0.5) is 0 Å². The summed E-state index contributed by atoms with van der Waals surface area (Å²) in [5.41, 5.74) is 6.73. The number of aromatic nitrogens is 1. The molecule has 0 aliphatic carbocycles. The van der Waals surface area contributed by atoms with Gasteiger partial charge in [0.15, 0.2) is 0 Å². The summed E-state index contributed by atoms with van der Waals surface area (Å²) in [7, 11) is 0. The van der Waals surface area contributed by atoms with Gasteiger partial charge in [-0.05, 0) is 6.07 Å². The first-order valence-corrected chi connectivity index (χ1v) is 4.83. The molecule has 2 rings (SSSR count). The van der Waals surface area contributed by atoms with Crippen LogP contribution in [0.3, 0.4) is 0 Å². The van der Waals surface area contributed by atoms with E-state index in [4.69, 9.17) is 10.8 Å². The lowest BCUT2D eigenvalue weighted by atomic mass is 10.0. The highest BCUT2D eigenvalue weighted by molar-refractivity contribution is 5.84. The Labute approximate surface area is 91.5 Å². The fourth-order valence-electron chi connectivity index (χ4n) is 1.67. The monoisotopic (exact) mass is 220 g/mol. The van der Waals surface area contributed by atoms with Gasteiger partial charge in [0, 0.05) is 22.7 Å². The summed E-state index contributed by atoms with van der Waals surface area (Å²) in [6.07, 6.45) is 0.367. The van der Waals surface area contributed by atoms with Crippen LogP contribution in [-0.2, 0) is 4.79 Å². The number of carboxylic acid groups (broad SMARTS) is 1. The molecule has 0 bridgehead atoms. The van der Waals surface area contributed by atoms with Crippen molar-refractivity contribution < 1.29 is 15.0 Å². The maximum atomic E-state index is 10.7. The van der Waals surface area contributed by atoms with Crippen molar-refractivity contribution in [3.8, 4) is 0 Å². The highest BCUT2D eigenvalue weighted by atomic mass is 16.4. The molecule has 2 atom stereocenters. The zero-order valence-corrected chi connectivity index (χ0v) is 8.42. The molecule has 0 saturated heterocycles. The molecule has 0 amide bonds. The Morgan fingerprint density at radius 3 is 2.75 bits per heavy atom. The van der Waals surface area contributed by atoms with Gasteiger partial charge in [0.25, 0.3) is 0 Å². The van der Waals surface area contributed by atoms with Gasteiger partial charge >= 0.3 is 5.97 Å². The normalized spacial score (nSPS) is 14.9. The Morgan fingerprint density at radius 2 is 2.06 bits per heavy atom. The minimum atomic E-state index is -1.32. The van der Waals surface area contributed by atoms with Crippen molar-refractivity contribution in [2.45, 2.75) is 12.1 Å². The van der Waals surface area contributed by atoms with E-state index in [1.165, 1.54) is 0 Å². The van der Waals surface area contributed by atoms with Crippen LogP contribution >= 0.6 is 0 Å². The van der Waals surface area contributed by atoms with E-state index in [9.17, 15) is 9.90 Å². The maximum Gasteiger partial charge on any atom is 0.323 e. The summed E-state index contributed by atoms with van der Waals surface area (Å²) >= 11 is 0. The van der Waals surface area contributed by atoms with Crippen molar-refractivity contribution in [3.05, 3.63) is 36.0 Å². The minimum Gasteiger partial charge on any atom is -0.480 e. The van der Waals surface area contributed by atoms with Crippen LogP contribution in [0.25, 0.3) is 10.9 Å². The predicted molar refractivity (Wildman–Crippen MR) is 58.9 cm³/mol. The molecule has 0 fully saturated rings. The van der Waals surface area contributed by atoms with Crippen molar-refractivity contribution in [3.63, 3.8) is 0 Å². The largest absolute Gasteiger partial charge is 0.480 e. The van der Waals surface area contributed by atoms with Gasteiger partial charge in [-0.1, -0.05) is 18.2 Å². The highest BCUT2D eigenvalue weighted by Gasteiger charge is 2.25. The molecule has 0 spiro atoms. The molecular formula is C11H12N2O3. The lowest BCUT2D eigenvalue weighted by Gasteiger charge is -2.13. The maximum absolute atomic E-state index is 10.7. The zero-order valence-electron chi connectivity index (χ0n) is 8.42. The average molecular weight is 220 g/mol. The molecule has 84 valence electrons. The number of hydrogen-bond acceptors (Lipinski definition) is 3. The molecule has 16 heavy (non-hydrogen) atoms. The number of carbonyl (C=O) groups is 1. The third kappa shape index (κ3) is 1.66. The van der Waals surface area contributed by atoms with Gasteiger partial charge in [-0.3, -0.25) is 4.79 Å². The van der Waals surface area contributed by atoms with Gasteiger partial charge in [-0.25, -0.2) is 0 Å². The first-order chi connectivity index (χ1) is 7.61. The topological polar surface area (TPSA) is 99.3 Å². The first kappa shape index (κ1) is 10.7. The Morgan fingerprint density at radius 1 is 1.38 bits per heavy atom. The molecule has 0 saturated carbocycles. The summed E-state index contributed by atoms with van der Waals surface area (Å²) in [5, 5.41) is 19.3. The van der Waals surface area contributed by atoms with E-state index in [1.54, 1.807) is 12.3 Å². The van der Waals surface area contributed by atoms with E-state index in [-0.39, 0.29) is 0 Å². The van der Waals surface area contributed by atoms with Crippen LogP contribution in [0.2, 0.25) is 0 Å². The van der Waals surface area contributed by atoms with Gasteiger partial charge in [-0.2, -0.15) is 0 Å². The van der Waals surface area contributed by atoms with Gasteiger partial charge in [0.05, 0.1) is 0 Å². The third-order valence-corrected chi connectivity index (χ3v) is 2.57. The number of aliphatic hydroxyl groups is 1. The lowest BCUT2D eigenvalue weighted by Crippen LogP contribution is -2.36. The van der Waals surface area contributed by atoms with E-state index in [1.807, 2.05) is 18.2 Å². The molecule has 5 N–H and O–H groups in total. The number of carboxylic acids is 1. The Hall–Kier alpha value is -1.85. The van der Waals surface area contributed by atoms with Crippen LogP contribution in [0.5, 0.6) is 0 Å². The van der Waals surface area contributed by atoms with Crippen molar-refractivity contribution in [2.75, 3.05) is 0 Å². The smallest absolute Gasteiger partial charge is 0.323 e. The van der Waals surface area contributed by atoms with Gasteiger partial charge in [-0.15, -0.1) is 0 Å². The van der Waals surface area contributed by atoms with Crippen molar-refractivity contribution in [1.29, 1.82) is 0 Å². The molecule has 1 aromatic heterocycles. The van der Waals surface area contributed by atoms with E-state index < -0.39 is 18.1 Å². The van der Waals surface area contributed by atoms with E-state index in [0.717, 1.165) is 10.9 Å². The number of fused-ring (bicyclic) bond motifs is 1. The average Bonchev–Trinajstić information content (AvgIpc) is 2.70. The standard InChI is InChI=1S/C11H12N2O3/c12-9(11(15)16)10(14)7-5-13-8-4-2-1-3-6(7)8/h1-5,9-10,13-14H,12H2,(H,15,16). The molecule has 1 heterocycles. The lowest BCUT2D eigenvalue weighted by molar-refractivity contribution is -0.141. The number of nitrogens with two attached hydrogens (primary N) is 1. The second-order valence-electron chi connectivity index (χ2n) is 3.60.